The Hall–Kier alpha value is -2.95. The monoisotopic (exact) mass is 296 g/mol. The molecule has 0 atom stereocenters. The van der Waals surface area contributed by atoms with E-state index >= 15 is 0 Å². The fourth-order valence-electron chi connectivity index (χ4n) is 1.88. The number of hydrazone groups is 1. The molecule has 0 bridgehead atoms. The van der Waals surface area contributed by atoms with Gasteiger partial charge in [-0.2, -0.15) is 5.10 Å². The van der Waals surface area contributed by atoms with E-state index < -0.39 is 5.97 Å². The third kappa shape index (κ3) is 3.79. The minimum atomic E-state index is -0.392. The molecule has 2 aromatic carbocycles. The van der Waals surface area contributed by atoms with Crippen LogP contribution in [0.25, 0.3) is 0 Å². The Kier molecular flexibility index (Phi) is 5.03. The van der Waals surface area contributed by atoms with E-state index in [1.54, 1.807) is 36.4 Å². The van der Waals surface area contributed by atoms with Crippen molar-refractivity contribution in [2.45, 2.75) is 6.92 Å². The molecule has 5 heteroatoms. The maximum Gasteiger partial charge on any atom is 0.337 e. The first-order valence-electron chi connectivity index (χ1n) is 6.69. The summed E-state index contributed by atoms with van der Waals surface area (Å²) < 4.78 is 4.62. The summed E-state index contributed by atoms with van der Waals surface area (Å²) in [6, 6.07) is 14.0. The van der Waals surface area contributed by atoms with E-state index in [0.29, 0.717) is 11.1 Å². The maximum absolute atomic E-state index is 12.0. The van der Waals surface area contributed by atoms with Crippen LogP contribution in [0, 0.1) is 6.92 Å². The van der Waals surface area contributed by atoms with Crippen molar-refractivity contribution in [3.63, 3.8) is 0 Å². The van der Waals surface area contributed by atoms with Crippen molar-refractivity contribution in [1.82, 2.24) is 5.43 Å². The molecule has 1 N–H and O–H groups in total. The molecule has 0 aromatic heterocycles. The van der Waals surface area contributed by atoms with Crippen molar-refractivity contribution in [3.8, 4) is 0 Å². The number of amides is 1. The van der Waals surface area contributed by atoms with Crippen LogP contribution in [0.1, 0.15) is 31.8 Å². The first kappa shape index (κ1) is 15.4. The highest BCUT2D eigenvalue weighted by molar-refractivity contribution is 5.96. The third-order valence-corrected chi connectivity index (χ3v) is 3.10. The Morgan fingerprint density at radius 2 is 1.77 bits per heavy atom. The molecule has 1 amide bonds. The summed E-state index contributed by atoms with van der Waals surface area (Å²) in [6.07, 6.45) is 1.51. The van der Waals surface area contributed by atoms with E-state index in [0.717, 1.165) is 11.1 Å². The van der Waals surface area contributed by atoms with Gasteiger partial charge in [0.25, 0.3) is 5.91 Å². The van der Waals surface area contributed by atoms with Crippen molar-refractivity contribution < 1.29 is 14.3 Å². The number of hydrogen-bond acceptors (Lipinski definition) is 4. The van der Waals surface area contributed by atoms with Crippen molar-refractivity contribution >= 4 is 18.1 Å². The molecule has 0 aliphatic heterocycles. The topological polar surface area (TPSA) is 67.8 Å². The first-order chi connectivity index (χ1) is 10.6. The molecular weight excluding hydrogens is 280 g/mol. The molecule has 112 valence electrons. The van der Waals surface area contributed by atoms with Gasteiger partial charge in [-0.3, -0.25) is 4.79 Å². The molecule has 0 spiro atoms. The number of esters is 1. The predicted octanol–water partition coefficient (Wildman–Crippen LogP) is 2.55. The molecule has 0 saturated carbocycles. The number of carbonyl (C=O) groups is 2. The number of aryl methyl sites for hydroxylation is 1. The van der Waals surface area contributed by atoms with Crippen LogP contribution >= 0.6 is 0 Å². The summed E-state index contributed by atoms with van der Waals surface area (Å²) in [5.41, 5.74) is 5.17. The highest BCUT2D eigenvalue weighted by Gasteiger charge is 2.06. The smallest absolute Gasteiger partial charge is 0.337 e. The zero-order chi connectivity index (χ0) is 15.9. The Balaban J connectivity index is 1.99. The Morgan fingerprint density at radius 1 is 1.09 bits per heavy atom. The van der Waals surface area contributed by atoms with E-state index in [9.17, 15) is 9.59 Å². The van der Waals surface area contributed by atoms with Crippen LogP contribution in [0.2, 0.25) is 0 Å². The third-order valence-electron chi connectivity index (χ3n) is 3.10. The normalized spacial score (nSPS) is 10.5. The summed E-state index contributed by atoms with van der Waals surface area (Å²) in [5.74, 6) is -0.656. The van der Waals surface area contributed by atoms with Crippen LogP contribution in [0.15, 0.2) is 53.6 Å². The lowest BCUT2D eigenvalue weighted by Gasteiger charge is -2.03. The molecule has 0 radical (unpaired) electrons. The van der Waals surface area contributed by atoms with E-state index in [-0.39, 0.29) is 5.91 Å². The second-order valence-electron chi connectivity index (χ2n) is 4.63. The van der Waals surface area contributed by atoms with Crippen molar-refractivity contribution in [1.29, 1.82) is 0 Å². The first-order valence-corrected chi connectivity index (χ1v) is 6.69. The quantitative estimate of drug-likeness (QED) is 0.535. The Labute approximate surface area is 128 Å². The van der Waals surface area contributed by atoms with E-state index in [4.69, 9.17) is 0 Å². The summed E-state index contributed by atoms with van der Waals surface area (Å²) in [6.45, 7) is 1.87. The molecule has 0 saturated heterocycles. The maximum atomic E-state index is 12.0. The largest absolute Gasteiger partial charge is 0.465 e. The van der Waals surface area contributed by atoms with Gasteiger partial charge in [-0.25, -0.2) is 10.2 Å². The van der Waals surface area contributed by atoms with Crippen molar-refractivity contribution in [3.05, 3.63) is 70.8 Å². The number of hydrogen-bond donors (Lipinski definition) is 1. The number of rotatable bonds is 4. The van der Waals surface area contributed by atoms with Crippen LogP contribution in [0.3, 0.4) is 0 Å². The molecule has 5 nitrogen and oxygen atoms in total. The molecule has 0 aliphatic rings. The lowest BCUT2D eigenvalue weighted by atomic mass is 10.1. The second-order valence-corrected chi connectivity index (χ2v) is 4.63. The van der Waals surface area contributed by atoms with Gasteiger partial charge in [0.15, 0.2) is 0 Å². The van der Waals surface area contributed by atoms with E-state index in [2.05, 4.69) is 15.3 Å². The molecule has 0 unspecified atom stereocenters. The summed E-state index contributed by atoms with van der Waals surface area (Å²) in [4.78, 5) is 23.3. The number of nitrogens with one attached hydrogen (secondary N) is 1. The summed E-state index contributed by atoms with van der Waals surface area (Å²) in [5, 5.41) is 3.91. The highest BCUT2D eigenvalue weighted by Crippen LogP contribution is 2.06. The Morgan fingerprint density at radius 3 is 2.41 bits per heavy atom. The number of nitrogens with zero attached hydrogens (tertiary/aromatic N) is 1. The number of benzene rings is 2. The van der Waals surface area contributed by atoms with Gasteiger partial charge in [-0.15, -0.1) is 0 Å². The van der Waals surface area contributed by atoms with Crippen molar-refractivity contribution in [2.24, 2.45) is 5.10 Å². The minimum Gasteiger partial charge on any atom is -0.465 e. The van der Waals surface area contributed by atoms with Crippen LogP contribution in [-0.4, -0.2) is 25.2 Å². The lowest BCUT2D eigenvalue weighted by Crippen LogP contribution is -2.18. The standard InChI is InChI=1S/C17H16N2O3/c1-12-5-3-4-6-15(12)16(20)19-18-11-13-7-9-14(10-8-13)17(21)22-2/h3-11H,1-2H3,(H,19,20)/b18-11-. The Bertz CT molecular complexity index is 706. The second kappa shape index (κ2) is 7.17. The van der Waals surface area contributed by atoms with Gasteiger partial charge < -0.3 is 4.74 Å². The molecule has 2 rings (SSSR count). The SMILES string of the molecule is COC(=O)c1ccc(/C=N\NC(=O)c2ccccc2C)cc1. The summed E-state index contributed by atoms with van der Waals surface area (Å²) >= 11 is 0. The fraction of sp³-hybridized carbons (Fsp3) is 0.118. The minimum absolute atomic E-state index is 0.263. The van der Waals surface area contributed by atoms with Gasteiger partial charge in [0.2, 0.25) is 0 Å². The number of ether oxygens (including phenoxy) is 1. The van der Waals surface area contributed by atoms with Crippen LogP contribution in [0.5, 0.6) is 0 Å². The average Bonchev–Trinajstić information content (AvgIpc) is 2.55. The van der Waals surface area contributed by atoms with E-state index in [1.807, 2.05) is 19.1 Å². The highest BCUT2D eigenvalue weighted by atomic mass is 16.5. The average molecular weight is 296 g/mol. The molecule has 22 heavy (non-hydrogen) atoms. The van der Waals surface area contributed by atoms with Gasteiger partial charge in [-0.1, -0.05) is 30.3 Å². The zero-order valence-electron chi connectivity index (χ0n) is 12.4. The van der Waals surface area contributed by atoms with Gasteiger partial charge >= 0.3 is 5.97 Å². The van der Waals surface area contributed by atoms with Gasteiger partial charge in [-0.05, 0) is 36.2 Å². The van der Waals surface area contributed by atoms with Crippen LogP contribution in [-0.2, 0) is 4.74 Å². The molecule has 2 aromatic rings. The zero-order valence-corrected chi connectivity index (χ0v) is 12.4. The number of carbonyl (C=O) groups excluding carboxylic acids is 2. The van der Waals surface area contributed by atoms with Crippen molar-refractivity contribution in [2.75, 3.05) is 7.11 Å². The van der Waals surface area contributed by atoms with Gasteiger partial charge in [0, 0.05) is 5.56 Å². The molecular formula is C17H16N2O3. The lowest BCUT2D eigenvalue weighted by molar-refractivity contribution is 0.0600. The van der Waals surface area contributed by atoms with Gasteiger partial charge in [0.1, 0.15) is 0 Å². The molecule has 0 aliphatic carbocycles. The van der Waals surface area contributed by atoms with Crippen LogP contribution < -0.4 is 5.43 Å². The predicted molar refractivity (Wildman–Crippen MR) is 84.0 cm³/mol. The van der Waals surface area contributed by atoms with Gasteiger partial charge in [0.05, 0.1) is 18.9 Å². The van der Waals surface area contributed by atoms with Crippen LogP contribution in [0.4, 0.5) is 0 Å². The molecule has 0 fully saturated rings. The molecule has 0 heterocycles. The fourth-order valence-corrected chi connectivity index (χ4v) is 1.88. The number of methoxy groups -OCH3 is 1. The van der Waals surface area contributed by atoms with E-state index in [1.165, 1.54) is 13.3 Å². The summed E-state index contributed by atoms with van der Waals surface area (Å²) in [7, 11) is 1.33.